The number of benzene rings is 3. The zero-order valence-electron chi connectivity index (χ0n) is 103. The van der Waals surface area contributed by atoms with Crippen LogP contribution in [0.1, 0.15) is 517 Å². The molecule has 5 N–H and O–H groups in total. The van der Waals surface area contributed by atoms with Gasteiger partial charge in [-0.15, -0.1) is 11.3 Å². The van der Waals surface area contributed by atoms with Crippen LogP contribution in [-0.2, 0) is 0 Å². The van der Waals surface area contributed by atoms with Gasteiger partial charge in [-0.3, -0.25) is 45.3 Å². The largest absolute Gasteiger partial charge is 0.367 e. The molecular weight excluding hydrogens is 1850 g/mol. The first-order valence-electron chi connectivity index (χ1n) is 55.7. The van der Waals surface area contributed by atoms with Crippen LogP contribution in [-0.4, -0.2) is 95.8 Å². The van der Waals surface area contributed by atoms with Crippen molar-refractivity contribution in [3.63, 3.8) is 0 Å². The first kappa shape index (κ1) is 160. The van der Waals surface area contributed by atoms with Crippen molar-refractivity contribution in [2.45, 2.75) is 444 Å². The molecule has 16 aromatic rings. The van der Waals surface area contributed by atoms with E-state index in [0.29, 0.717) is 76.9 Å². The summed E-state index contributed by atoms with van der Waals surface area (Å²) in [6.45, 7) is 108. The lowest BCUT2D eigenvalue weighted by molar-refractivity contribution is 0.418. The molecule has 0 radical (unpaired) electrons. The van der Waals surface area contributed by atoms with Crippen LogP contribution >= 0.6 is 11.3 Å². The number of nitrogens with zero attached hydrogens (tertiary/aromatic N) is 14. The maximum Gasteiger partial charge on any atom is 0.127 e. The van der Waals surface area contributed by atoms with Crippen molar-refractivity contribution in [2.24, 2.45) is 0 Å². The van der Waals surface area contributed by atoms with Gasteiger partial charge < -0.3 is 9.51 Å². The molecule has 16 rings (SSSR count). The molecule has 0 saturated carbocycles. The van der Waals surface area contributed by atoms with E-state index in [9.17, 15) is 0 Å². The van der Waals surface area contributed by atoms with Crippen molar-refractivity contribution >= 4 is 44.0 Å². The first-order chi connectivity index (χ1) is 71.4. The summed E-state index contributed by atoms with van der Waals surface area (Å²) in [4.78, 5) is 40.9. The van der Waals surface area contributed by atoms with Crippen LogP contribution in [0.2, 0.25) is 0 Å². The molecule has 13 aromatic heterocycles. The standard InChI is InChI=1S/2C12H13N.C10H12N2.2C8H11N.2C7H10N2.C7H11N.3C6H10N2.C6H9NO.C6H9NS.13C2H6.CH4/c1-9(2)11-7-3-5-10-6-4-8-13-12(10)11;1-9(2)10-7-8-13-12-6-4-3-5-11(10)12;1-7(2)8-3-4-10-9(5-8)6-11-12-10;1-7(2)8-4-3-5-9-6-8;1-7(2)8-5-3-4-6-9-8;1-6(2)7-3-8-5-9-4-7;1-6(2)7-3-4-8-5-9-7;1-6(2)7-3-4-8-5-7;1-5(2)6-3-7-8-4-6;2*1-5(2)6-3-4-7-8-6;1-5(2)6-3-7-8-4-6;1-5(2)6-3-7-4-8-6;13*1-2;/h2*3-9H,1-2H3;3-7H,1-2H3,(H,11,12);2*3-7H,1-2H3;2*3-6H,1-2H3;3-6,8H,1-2H3;3*3-5H,1-2H3,(H,7,8);2*3-5H,1-2H3;13*1-2H3;1H4. The number of para-hydroxylation sites is 2. The predicted molar refractivity (Wildman–Crippen MR) is 665 cm³/mol. The molecule has 0 atom stereocenters. The summed E-state index contributed by atoms with van der Waals surface area (Å²) in [6, 6.07) is 45.3. The molecule has 21 heteroatoms. The molecule has 13 heterocycles. The zero-order valence-corrected chi connectivity index (χ0v) is 104. The summed E-state index contributed by atoms with van der Waals surface area (Å²) in [5.74, 6) is 7.42. The Balaban J connectivity index is -0.000000151. The Labute approximate surface area is 918 Å². The van der Waals surface area contributed by atoms with Gasteiger partial charge in [-0.05, 0) is 189 Å². The Hall–Kier alpha value is -11.8. The number of rotatable bonds is 13. The van der Waals surface area contributed by atoms with Crippen LogP contribution in [0.4, 0.5) is 0 Å². The number of fused-ring (bicyclic) bond motifs is 3. The maximum absolute atomic E-state index is 4.63. The Morgan fingerprint density at radius 2 is 0.772 bits per heavy atom. The molecular formula is C128H221N19OS. The normalized spacial score (nSPS) is 9.13. The fourth-order valence-electron chi connectivity index (χ4n) is 10.7. The second kappa shape index (κ2) is 113. The van der Waals surface area contributed by atoms with Crippen LogP contribution in [0.3, 0.4) is 0 Å². The van der Waals surface area contributed by atoms with Gasteiger partial charge in [0.2, 0.25) is 0 Å². The van der Waals surface area contributed by atoms with Crippen LogP contribution in [0, 0.1) is 0 Å². The number of hydrogen-bond acceptors (Lipinski definition) is 16. The molecule has 0 spiro atoms. The van der Waals surface area contributed by atoms with Gasteiger partial charge >= 0.3 is 0 Å². The van der Waals surface area contributed by atoms with E-state index < -0.39 is 0 Å². The van der Waals surface area contributed by atoms with Crippen LogP contribution in [0.15, 0.2) is 268 Å². The topological polar surface area (TPSA) is 273 Å². The van der Waals surface area contributed by atoms with E-state index in [4.69, 9.17) is 0 Å². The molecule has 0 aliphatic heterocycles. The number of thiazole rings is 1. The molecule has 149 heavy (non-hydrogen) atoms. The quantitative estimate of drug-likeness (QED) is 0.0718. The van der Waals surface area contributed by atoms with Crippen molar-refractivity contribution in [1.82, 2.24) is 95.8 Å². The minimum absolute atomic E-state index is 0. The fraction of sp³-hybridized carbons (Fsp3) is 0.516. The van der Waals surface area contributed by atoms with Gasteiger partial charge in [-0.25, -0.2) is 19.9 Å². The molecule has 0 bridgehead atoms. The van der Waals surface area contributed by atoms with E-state index in [2.05, 4.69) is 359 Å². The fourth-order valence-corrected chi connectivity index (χ4v) is 11.3. The molecule has 0 saturated heterocycles. The zero-order chi connectivity index (χ0) is 116. The van der Waals surface area contributed by atoms with Crippen molar-refractivity contribution in [3.8, 4) is 0 Å². The average Bonchev–Trinajstić information content (AvgIpc) is 1.55. The minimum atomic E-state index is 0. The highest BCUT2D eigenvalue weighted by Crippen LogP contribution is 2.26. The first-order valence-corrected chi connectivity index (χ1v) is 56.6. The van der Waals surface area contributed by atoms with Gasteiger partial charge in [0, 0.05) is 136 Å². The van der Waals surface area contributed by atoms with E-state index in [1.807, 2.05) is 314 Å². The molecule has 0 amide bonds. The van der Waals surface area contributed by atoms with E-state index in [0.717, 1.165) is 33.5 Å². The Morgan fingerprint density at radius 1 is 0.275 bits per heavy atom. The van der Waals surface area contributed by atoms with E-state index in [-0.39, 0.29) is 7.43 Å². The van der Waals surface area contributed by atoms with Gasteiger partial charge in [0.25, 0.3) is 0 Å². The number of H-pyrrole nitrogens is 5. The van der Waals surface area contributed by atoms with Crippen molar-refractivity contribution in [2.75, 3.05) is 0 Å². The van der Waals surface area contributed by atoms with Gasteiger partial charge in [0.05, 0.1) is 40.7 Å². The van der Waals surface area contributed by atoms with Gasteiger partial charge in [0.15, 0.2) is 0 Å². The summed E-state index contributed by atoms with van der Waals surface area (Å²) in [5.41, 5.74) is 20.3. The smallest absolute Gasteiger partial charge is 0.127 e. The third kappa shape index (κ3) is 79.9. The number of nitrogens with one attached hydrogen (secondary N) is 5. The van der Waals surface area contributed by atoms with Crippen LogP contribution in [0.25, 0.3) is 32.7 Å². The predicted octanol–water partition coefficient (Wildman–Crippen LogP) is 41.8. The van der Waals surface area contributed by atoms with Crippen LogP contribution in [0.5, 0.6) is 0 Å². The molecule has 0 aliphatic rings. The van der Waals surface area contributed by atoms with E-state index in [1.165, 1.54) is 71.4 Å². The summed E-state index contributed by atoms with van der Waals surface area (Å²) in [7, 11) is 0. The number of aromatic amines is 5. The highest BCUT2D eigenvalue weighted by Gasteiger charge is 2.09. The van der Waals surface area contributed by atoms with Crippen molar-refractivity contribution in [1.29, 1.82) is 0 Å². The monoisotopic (exact) mass is 2070 g/mol. The van der Waals surface area contributed by atoms with Crippen molar-refractivity contribution < 1.29 is 4.52 Å². The lowest BCUT2D eigenvalue weighted by Crippen LogP contribution is -1.90. The summed E-state index contributed by atoms with van der Waals surface area (Å²) >= 11 is 1.72. The third-order valence-corrected chi connectivity index (χ3v) is 19.8. The van der Waals surface area contributed by atoms with Crippen LogP contribution < -0.4 is 0 Å². The SMILES string of the molecule is C.CC.CC.CC.CC.CC.CC.CC.CC.CC.CC.CC.CC.CC.CC(C)c1cc[nH]c1.CC(C)c1ccc2[nH]ncc2c1.CC(C)c1cccc2cccnc12.CC(C)c1ccccn1.CC(C)c1cccnc1.CC(C)c1ccn[nH]1.CC(C)c1ccn[nH]1.CC(C)c1ccnc2ccccc12.CC(C)c1ccncn1.CC(C)c1cn[nH]c1.CC(C)c1cncnc1.CC(C)c1cncs1.CC(C)c1cnoc1. The summed E-state index contributed by atoms with van der Waals surface area (Å²) in [6.07, 6.45) is 36.4. The maximum atomic E-state index is 4.63. The number of hydrogen-bond donors (Lipinski definition) is 5. The molecule has 20 nitrogen and oxygen atoms in total. The van der Waals surface area contributed by atoms with Gasteiger partial charge in [-0.1, -0.05) is 433 Å². The molecule has 0 aliphatic carbocycles. The average molecular weight is 2070 g/mol. The lowest BCUT2D eigenvalue weighted by atomic mass is 9.99. The molecule has 840 valence electrons. The molecule has 0 unspecified atom stereocenters. The second-order valence-corrected chi connectivity index (χ2v) is 33.9. The van der Waals surface area contributed by atoms with Gasteiger partial charge in [0.1, 0.15) is 18.9 Å². The highest BCUT2D eigenvalue weighted by molar-refractivity contribution is 7.09. The van der Waals surface area contributed by atoms with E-state index in [1.54, 1.807) is 61.2 Å². The number of aromatic nitrogens is 19. The lowest BCUT2D eigenvalue weighted by Gasteiger charge is -2.08. The molecule has 3 aromatic carbocycles. The summed E-state index contributed by atoms with van der Waals surface area (Å²) in [5, 5.41) is 34.2. The molecule has 0 fully saturated rings. The third-order valence-electron chi connectivity index (χ3n) is 18.7. The minimum Gasteiger partial charge on any atom is -0.367 e. The summed E-state index contributed by atoms with van der Waals surface area (Å²) < 4.78 is 4.63. The number of pyridine rings is 4. The second-order valence-electron chi connectivity index (χ2n) is 33.0. The highest BCUT2D eigenvalue weighted by atomic mass is 32.1. The Kier molecular flexibility index (Phi) is 122. The van der Waals surface area contributed by atoms with Crippen molar-refractivity contribution in [3.05, 3.63) is 335 Å². The van der Waals surface area contributed by atoms with E-state index >= 15 is 0 Å². The Morgan fingerprint density at radius 3 is 1.11 bits per heavy atom. The Bertz CT molecular complexity index is 4550. The van der Waals surface area contributed by atoms with Gasteiger partial charge in [-0.2, -0.15) is 20.4 Å².